The summed E-state index contributed by atoms with van der Waals surface area (Å²) in [5.74, 6) is 1.24. The Kier molecular flexibility index (Phi) is 3.91. The molecule has 2 aromatic carbocycles. The van der Waals surface area contributed by atoms with Crippen LogP contribution in [-0.2, 0) is 4.74 Å². The summed E-state index contributed by atoms with van der Waals surface area (Å²) in [6.45, 7) is 1.96. The van der Waals surface area contributed by atoms with Crippen molar-refractivity contribution in [1.29, 1.82) is 0 Å². The van der Waals surface area contributed by atoms with Crippen molar-refractivity contribution in [1.82, 2.24) is 0 Å². The molecule has 0 aliphatic carbocycles. The van der Waals surface area contributed by atoms with E-state index in [4.69, 9.17) is 9.47 Å². The van der Waals surface area contributed by atoms with Gasteiger partial charge in [0.05, 0.1) is 0 Å². The van der Waals surface area contributed by atoms with Crippen molar-refractivity contribution >= 4 is 5.57 Å². The Morgan fingerprint density at radius 3 is 2.43 bits per heavy atom. The van der Waals surface area contributed by atoms with E-state index in [9.17, 15) is 4.39 Å². The normalized spacial score (nSPS) is 18.3. The highest BCUT2D eigenvalue weighted by molar-refractivity contribution is 5.67. The number of benzene rings is 2. The molecule has 0 bridgehead atoms. The second-order valence-electron chi connectivity index (χ2n) is 5.06. The number of hydrogen-bond acceptors (Lipinski definition) is 2. The Morgan fingerprint density at radius 1 is 1.05 bits per heavy atom. The fraction of sp³-hybridized carbons (Fsp3) is 0.222. The fourth-order valence-electron chi connectivity index (χ4n) is 2.50. The Hall–Kier alpha value is -2.29. The molecule has 0 N–H and O–H groups in total. The van der Waals surface area contributed by atoms with Crippen LogP contribution in [0.1, 0.15) is 25.3 Å². The number of rotatable bonds is 3. The molecular formula is C18H17FO2. The molecule has 2 aromatic rings. The minimum absolute atomic E-state index is 0.269. The van der Waals surface area contributed by atoms with Crippen LogP contribution < -0.4 is 4.74 Å². The first-order chi connectivity index (χ1) is 10.2. The summed E-state index contributed by atoms with van der Waals surface area (Å²) < 4.78 is 24.5. The summed E-state index contributed by atoms with van der Waals surface area (Å²) in [7, 11) is 0. The summed E-state index contributed by atoms with van der Waals surface area (Å²) in [6.07, 6.45) is 1.36. The molecule has 1 aliphatic rings. The van der Waals surface area contributed by atoms with Crippen LogP contribution in [0.3, 0.4) is 0 Å². The number of halogens is 1. The molecule has 108 valence electrons. The van der Waals surface area contributed by atoms with Gasteiger partial charge in [-0.2, -0.15) is 0 Å². The van der Waals surface area contributed by atoms with Gasteiger partial charge in [0.25, 0.3) is 0 Å². The minimum Gasteiger partial charge on any atom is -0.459 e. The fourth-order valence-corrected chi connectivity index (χ4v) is 2.50. The first kappa shape index (κ1) is 13.7. The van der Waals surface area contributed by atoms with Gasteiger partial charge in [0.15, 0.2) is 0 Å². The second-order valence-corrected chi connectivity index (χ2v) is 5.06. The van der Waals surface area contributed by atoms with Crippen molar-refractivity contribution in [2.24, 2.45) is 0 Å². The van der Waals surface area contributed by atoms with Gasteiger partial charge in [0.1, 0.15) is 17.3 Å². The highest BCUT2D eigenvalue weighted by Crippen LogP contribution is 2.32. The lowest BCUT2D eigenvalue weighted by atomic mass is 9.98. The van der Waals surface area contributed by atoms with E-state index in [2.05, 4.69) is 12.1 Å². The van der Waals surface area contributed by atoms with Gasteiger partial charge in [-0.25, -0.2) is 4.39 Å². The first-order valence-corrected chi connectivity index (χ1v) is 7.06. The van der Waals surface area contributed by atoms with Gasteiger partial charge in [-0.3, -0.25) is 0 Å². The molecule has 0 saturated heterocycles. The molecule has 1 aliphatic heterocycles. The van der Waals surface area contributed by atoms with Gasteiger partial charge in [-0.05, 0) is 48.7 Å². The van der Waals surface area contributed by atoms with Crippen LogP contribution in [-0.4, -0.2) is 6.29 Å². The van der Waals surface area contributed by atoms with E-state index in [1.807, 2.05) is 25.1 Å². The number of allylic oxidation sites excluding steroid dienone is 2. The van der Waals surface area contributed by atoms with Crippen LogP contribution in [0.15, 0.2) is 60.4 Å². The van der Waals surface area contributed by atoms with Gasteiger partial charge in [-0.15, -0.1) is 0 Å². The third kappa shape index (κ3) is 3.24. The van der Waals surface area contributed by atoms with E-state index >= 15 is 0 Å². The number of ether oxygens (including phenoxy) is 2. The standard InChI is InChI=1S/C18H17FO2/c1-13-17(14-5-3-2-4-6-14)11-12-18(20-13)21-16-9-7-15(19)8-10-16/h2-10,18H,11-12H2,1H3. The van der Waals surface area contributed by atoms with Crippen LogP contribution in [0.4, 0.5) is 4.39 Å². The smallest absolute Gasteiger partial charge is 0.240 e. The predicted octanol–water partition coefficient (Wildman–Crippen LogP) is 4.77. The summed E-state index contributed by atoms with van der Waals surface area (Å²) in [5, 5.41) is 0. The SMILES string of the molecule is CC1=C(c2ccccc2)CCC(Oc2ccc(F)cc2)O1. The van der Waals surface area contributed by atoms with Gasteiger partial charge in [-0.1, -0.05) is 30.3 Å². The predicted molar refractivity (Wildman–Crippen MR) is 80.2 cm³/mol. The molecule has 0 radical (unpaired) electrons. The summed E-state index contributed by atoms with van der Waals surface area (Å²) in [6, 6.07) is 16.2. The Bertz CT molecular complexity index is 632. The van der Waals surface area contributed by atoms with E-state index in [-0.39, 0.29) is 12.1 Å². The zero-order valence-electron chi connectivity index (χ0n) is 11.9. The van der Waals surface area contributed by atoms with Gasteiger partial charge >= 0.3 is 0 Å². The van der Waals surface area contributed by atoms with E-state index in [1.165, 1.54) is 23.3 Å². The third-order valence-corrected chi connectivity index (χ3v) is 3.57. The lowest BCUT2D eigenvalue weighted by Crippen LogP contribution is -2.23. The van der Waals surface area contributed by atoms with Gasteiger partial charge in [0.2, 0.25) is 6.29 Å². The van der Waals surface area contributed by atoms with E-state index in [0.717, 1.165) is 18.6 Å². The van der Waals surface area contributed by atoms with E-state index in [1.54, 1.807) is 12.1 Å². The van der Waals surface area contributed by atoms with Crippen LogP contribution in [0.2, 0.25) is 0 Å². The monoisotopic (exact) mass is 284 g/mol. The van der Waals surface area contributed by atoms with Gasteiger partial charge < -0.3 is 9.47 Å². The minimum atomic E-state index is -0.317. The molecule has 0 fully saturated rings. The molecule has 1 atom stereocenters. The zero-order chi connectivity index (χ0) is 14.7. The van der Waals surface area contributed by atoms with Crippen LogP contribution >= 0.6 is 0 Å². The van der Waals surface area contributed by atoms with Crippen LogP contribution in [0.5, 0.6) is 5.75 Å². The molecule has 1 heterocycles. The van der Waals surface area contributed by atoms with E-state index in [0.29, 0.717) is 5.75 Å². The topological polar surface area (TPSA) is 18.5 Å². The third-order valence-electron chi connectivity index (χ3n) is 3.57. The van der Waals surface area contributed by atoms with Crippen LogP contribution in [0.25, 0.3) is 5.57 Å². The number of hydrogen-bond donors (Lipinski definition) is 0. The first-order valence-electron chi connectivity index (χ1n) is 7.06. The van der Waals surface area contributed by atoms with Crippen LogP contribution in [0, 0.1) is 5.82 Å². The highest BCUT2D eigenvalue weighted by atomic mass is 19.1. The molecule has 3 heteroatoms. The molecule has 2 nitrogen and oxygen atoms in total. The van der Waals surface area contributed by atoms with Crippen molar-refractivity contribution in [3.63, 3.8) is 0 Å². The largest absolute Gasteiger partial charge is 0.459 e. The van der Waals surface area contributed by atoms with Gasteiger partial charge in [0, 0.05) is 6.42 Å². The summed E-state index contributed by atoms with van der Waals surface area (Å²) in [5.41, 5.74) is 2.41. The summed E-state index contributed by atoms with van der Waals surface area (Å²) >= 11 is 0. The van der Waals surface area contributed by atoms with Crippen molar-refractivity contribution in [3.8, 4) is 5.75 Å². The average Bonchev–Trinajstić information content (AvgIpc) is 2.51. The second kappa shape index (κ2) is 6.00. The lowest BCUT2D eigenvalue weighted by molar-refractivity contribution is -0.0538. The average molecular weight is 284 g/mol. The van der Waals surface area contributed by atoms with Crippen molar-refractivity contribution in [2.45, 2.75) is 26.1 Å². The Morgan fingerprint density at radius 2 is 1.76 bits per heavy atom. The highest BCUT2D eigenvalue weighted by Gasteiger charge is 2.21. The molecule has 0 spiro atoms. The van der Waals surface area contributed by atoms with Crippen molar-refractivity contribution < 1.29 is 13.9 Å². The maximum absolute atomic E-state index is 12.9. The lowest BCUT2D eigenvalue weighted by Gasteiger charge is -2.27. The Labute approximate surface area is 123 Å². The van der Waals surface area contributed by atoms with Crippen molar-refractivity contribution in [2.75, 3.05) is 0 Å². The van der Waals surface area contributed by atoms with Crippen molar-refractivity contribution in [3.05, 3.63) is 71.7 Å². The molecule has 1 unspecified atom stereocenters. The zero-order valence-corrected chi connectivity index (χ0v) is 11.9. The maximum atomic E-state index is 12.9. The quantitative estimate of drug-likeness (QED) is 0.808. The molecular weight excluding hydrogens is 267 g/mol. The molecule has 0 saturated carbocycles. The maximum Gasteiger partial charge on any atom is 0.240 e. The Balaban J connectivity index is 1.70. The van der Waals surface area contributed by atoms with E-state index < -0.39 is 0 Å². The molecule has 3 rings (SSSR count). The molecule has 0 aromatic heterocycles. The summed E-state index contributed by atoms with van der Waals surface area (Å²) in [4.78, 5) is 0. The molecule has 21 heavy (non-hydrogen) atoms. The molecule has 0 amide bonds.